The van der Waals surface area contributed by atoms with Gasteiger partial charge in [-0.15, -0.1) is 0 Å². The van der Waals surface area contributed by atoms with Crippen LogP contribution in [0.2, 0.25) is 0 Å². The maximum atomic E-state index is 4.39. The molecule has 1 aromatic heterocycles. The summed E-state index contributed by atoms with van der Waals surface area (Å²) in [7, 11) is 0. The van der Waals surface area contributed by atoms with Gasteiger partial charge in [-0.2, -0.15) is 0 Å². The molecule has 0 spiro atoms. The molecule has 0 radical (unpaired) electrons. The van der Waals surface area contributed by atoms with Gasteiger partial charge in [0.1, 0.15) is 0 Å². The molecule has 4 heteroatoms. The third-order valence-electron chi connectivity index (χ3n) is 4.41. The number of hydrogen-bond acceptors (Lipinski definition) is 2. The summed E-state index contributed by atoms with van der Waals surface area (Å²) in [5, 5.41) is 8.79. The van der Waals surface area contributed by atoms with Crippen molar-refractivity contribution in [2.75, 3.05) is 0 Å². The van der Waals surface area contributed by atoms with Crippen LogP contribution in [0.4, 0.5) is 0 Å². The standard InChI is InChI=1S/C22H27N3Se/c1-2-3-4-5-6-8-13-19-18-25(24-23-19)21-16-11-12-17-22(21)26-20-14-9-7-10-15-20/h7,9-12,14-18H,2-6,8,13H2,1H3. The van der Waals surface area contributed by atoms with E-state index in [1.807, 2.05) is 4.68 Å². The number of nitrogens with zero attached hydrogens (tertiary/aromatic N) is 3. The molecular formula is C22H27N3Se. The molecule has 2 aromatic carbocycles. The van der Waals surface area contributed by atoms with Crippen molar-refractivity contribution >= 4 is 23.9 Å². The molecule has 0 saturated heterocycles. The van der Waals surface area contributed by atoms with Gasteiger partial charge in [-0.1, -0.05) is 6.92 Å². The van der Waals surface area contributed by atoms with Crippen molar-refractivity contribution in [3.05, 3.63) is 66.5 Å². The van der Waals surface area contributed by atoms with Crippen LogP contribution in [0, 0.1) is 0 Å². The van der Waals surface area contributed by atoms with Crippen LogP contribution in [0.1, 0.15) is 51.1 Å². The Bertz CT molecular complexity index is 783. The number of aromatic nitrogens is 3. The number of aryl methyl sites for hydroxylation is 1. The number of hydrogen-bond donors (Lipinski definition) is 0. The second kappa shape index (κ2) is 10.3. The molecule has 26 heavy (non-hydrogen) atoms. The summed E-state index contributed by atoms with van der Waals surface area (Å²) < 4.78 is 4.66. The van der Waals surface area contributed by atoms with Gasteiger partial charge in [0.25, 0.3) is 0 Å². The van der Waals surface area contributed by atoms with Crippen LogP contribution in [0.5, 0.6) is 0 Å². The molecule has 1 heterocycles. The Balaban J connectivity index is 1.62. The molecule has 0 bridgehead atoms. The summed E-state index contributed by atoms with van der Waals surface area (Å²) >= 11 is 0.267. The van der Waals surface area contributed by atoms with Gasteiger partial charge in [0.2, 0.25) is 0 Å². The molecule has 0 aliphatic rings. The van der Waals surface area contributed by atoms with E-state index >= 15 is 0 Å². The van der Waals surface area contributed by atoms with E-state index < -0.39 is 0 Å². The van der Waals surface area contributed by atoms with Crippen LogP contribution >= 0.6 is 0 Å². The number of unbranched alkanes of at least 4 members (excludes halogenated alkanes) is 5. The molecule has 0 amide bonds. The Morgan fingerprint density at radius 3 is 2.42 bits per heavy atom. The van der Waals surface area contributed by atoms with Crippen LogP contribution in [-0.4, -0.2) is 30.0 Å². The fourth-order valence-electron chi connectivity index (χ4n) is 2.97. The van der Waals surface area contributed by atoms with Crippen molar-refractivity contribution in [1.29, 1.82) is 0 Å². The van der Waals surface area contributed by atoms with E-state index in [9.17, 15) is 0 Å². The molecule has 0 unspecified atom stereocenters. The van der Waals surface area contributed by atoms with E-state index in [1.165, 1.54) is 47.4 Å². The predicted molar refractivity (Wildman–Crippen MR) is 110 cm³/mol. The molecule has 0 aliphatic carbocycles. The second-order valence-electron chi connectivity index (χ2n) is 6.56. The second-order valence-corrected chi connectivity index (χ2v) is 8.90. The van der Waals surface area contributed by atoms with E-state index in [2.05, 4.69) is 78.0 Å². The third-order valence-corrected chi connectivity index (χ3v) is 6.66. The van der Waals surface area contributed by atoms with Crippen LogP contribution in [0.25, 0.3) is 5.69 Å². The normalized spacial score (nSPS) is 11.0. The van der Waals surface area contributed by atoms with Crippen LogP contribution in [-0.2, 0) is 6.42 Å². The first-order valence-corrected chi connectivity index (χ1v) is 11.3. The zero-order chi connectivity index (χ0) is 18.0. The molecule has 0 atom stereocenters. The summed E-state index contributed by atoms with van der Waals surface area (Å²) in [4.78, 5) is 0. The molecular weight excluding hydrogens is 385 g/mol. The van der Waals surface area contributed by atoms with Crippen molar-refractivity contribution in [1.82, 2.24) is 15.0 Å². The van der Waals surface area contributed by atoms with Crippen molar-refractivity contribution < 1.29 is 0 Å². The quantitative estimate of drug-likeness (QED) is 0.374. The summed E-state index contributed by atoms with van der Waals surface area (Å²) in [6, 6.07) is 19.2. The summed E-state index contributed by atoms with van der Waals surface area (Å²) in [6.45, 7) is 2.26. The fraction of sp³-hybridized carbons (Fsp3) is 0.364. The minimum atomic E-state index is 0.267. The van der Waals surface area contributed by atoms with E-state index in [4.69, 9.17) is 0 Å². The van der Waals surface area contributed by atoms with Crippen LogP contribution in [0.3, 0.4) is 0 Å². The third kappa shape index (κ3) is 5.55. The molecule has 3 aromatic rings. The molecule has 3 nitrogen and oxygen atoms in total. The molecule has 0 N–H and O–H groups in total. The Kier molecular flexibility index (Phi) is 7.48. The number of benzene rings is 2. The van der Waals surface area contributed by atoms with Gasteiger partial charge < -0.3 is 0 Å². The van der Waals surface area contributed by atoms with Crippen LogP contribution < -0.4 is 8.92 Å². The van der Waals surface area contributed by atoms with Crippen molar-refractivity contribution in [2.24, 2.45) is 0 Å². The summed E-state index contributed by atoms with van der Waals surface area (Å²) in [5.74, 6) is 0. The van der Waals surface area contributed by atoms with E-state index in [0.29, 0.717) is 0 Å². The Morgan fingerprint density at radius 2 is 1.58 bits per heavy atom. The first-order chi connectivity index (χ1) is 12.9. The number of para-hydroxylation sites is 1. The Hall–Kier alpha value is -1.90. The zero-order valence-corrected chi connectivity index (χ0v) is 17.2. The van der Waals surface area contributed by atoms with Gasteiger partial charge in [0, 0.05) is 0 Å². The average molecular weight is 412 g/mol. The number of rotatable bonds is 10. The van der Waals surface area contributed by atoms with Gasteiger partial charge in [-0.25, -0.2) is 0 Å². The molecule has 0 saturated carbocycles. The average Bonchev–Trinajstić information content (AvgIpc) is 3.15. The van der Waals surface area contributed by atoms with E-state index in [1.54, 1.807) is 0 Å². The monoisotopic (exact) mass is 413 g/mol. The van der Waals surface area contributed by atoms with Gasteiger partial charge in [0.05, 0.1) is 0 Å². The summed E-state index contributed by atoms with van der Waals surface area (Å²) in [6.07, 6.45) is 11.0. The first kappa shape index (κ1) is 18.9. The fourth-order valence-corrected chi connectivity index (χ4v) is 4.98. The topological polar surface area (TPSA) is 30.7 Å². The van der Waals surface area contributed by atoms with Gasteiger partial charge in [0.15, 0.2) is 0 Å². The van der Waals surface area contributed by atoms with Crippen molar-refractivity contribution in [2.45, 2.75) is 51.9 Å². The SMILES string of the molecule is CCCCCCCCc1cn(-c2ccccc2[Se]c2ccccc2)nn1. The Labute approximate surface area is 163 Å². The van der Waals surface area contributed by atoms with Gasteiger partial charge in [-0.3, -0.25) is 0 Å². The molecule has 136 valence electrons. The van der Waals surface area contributed by atoms with Gasteiger partial charge in [-0.05, 0) is 0 Å². The molecule has 3 rings (SSSR count). The van der Waals surface area contributed by atoms with Gasteiger partial charge >= 0.3 is 156 Å². The summed E-state index contributed by atoms with van der Waals surface area (Å²) in [5.41, 5.74) is 2.25. The van der Waals surface area contributed by atoms with Crippen LogP contribution in [0.15, 0.2) is 60.8 Å². The van der Waals surface area contributed by atoms with Crippen molar-refractivity contribution in [3.63, 3.8) is 0 Å². The van der Waals surface area contributed by atoms with E-state index in [0.717, 1.165) is 17.8 Å². The maximum absolute atomic E-state index is 4.39. The first-order valence-electron chi connectivity index (χ1n) is 9.60. The molecule has 0 fully saturated rings. The van der Waals surface area contributed by atoms with E-state index in [-0.39, 0.29) is 15.0 Å². The van der Waals surface area contributed by atoms with Crippen molar-refractivity contribution in [3.8, 4) is 5.69 Å². The molecule has 0 aliphatic heterocycles. The predicted octanol–water partition coefficient (Wildman–Crippen LogP) is 3.83. The minimum absolute atomic E-state index is 0.267. The Morgan fingerprint density at radius 1 is 0.846 bits per heavy atom. The zero-order valence-electron chi connectivity index (χ0n) is 15.5.